The summed E-state index contributed by atoms with van der Waals surface area (Å²) >= 11 is 0. The largest absolute Gasteiger partial charge is 0.493 e. The minimum Gasteiger partial charge on any atom is -0.493 e. The molecule has 0 saturated carbocycles. The van der Waals surface area contributed by atoms with Crippen LogP contribution >= 0.6 is 0 Å². The van der Waals surface area contributed by atoms with Crippen LogP contribution in [0.5, 0.6) is 5.75 Å². The lowest BCUT2D eigenvalue weighted by atomic mass is 9.73. The number of ether oxygens (including phenoxy) is 1. The molecule has 0 aliphatic carbocycles. The van der Waals surface area contributed by atoms with Crippen molar-refractivity contribution < 1.29 is 19.1 Å². The van der Waals surface area contributed by atoms with E-state index < -0.39 is 5.41 Å². The van der Waals surface area contributed by atoms with Crippen LogP contribution in [0.1, 0.15) is 54.4 Å². The highest BCUT2D eigenvalue weighted by Gasteiger charge is 2.41. The van der Waals surface area contributed by atoms with Crippen molar-refractivity contribution in [2.75, 3.05) is 32.8 Å². The molecule has 2 aromatic carbocycles. The summed E-state index contributed by atoms with van der Waals surface area (Å²) in [7, 11) is 1.71. The average molecular weight is 562 g/mol. The zero-order valence-corrected chi connectivity index (χ0v) is 23.9. The van der Waals surface area contributed by atoms with Crippen LogP contribution < -0.4 is 21.1 Å². The molecule has 0 bridgehead atoms. The molecule has 3 heterocycles. The van der Waals surface area contributed by atoms with Crippen molar-refractivity contribution >= 4 is 28.8 Å². The van der Waals surface area contributed by atoms with Gasteiger partial charge in [-0.05, 0) is 68.9 Å². The number of amides is 3. The Labute approximate surface area is 239 Å². The van der Waals surface area contributed by atoms with Gasteiger partial charge in [0, 0.05) is 33.2 Å². The van der Waals surface area contributed by atoms with E-state index in [-0.39, 0.29) is 30.0 Å². The molecule has 2 aliphatic heterocycles. The fourth-order valence-corrected chi connectivity index (χ4v) is 5.99. The quantitative estimate of drug-likeness (QED) is 0.500. The lowest BCUT2D eigenvalue weighted by molar-refractivity contribution is -0.141. The van der Waals surface area contributed by atoms with Crippen molar-refractivity contribution in [3.63, 3.8) is 0 Å². The summed E-state index contributed by atoms with van der Waals surface area (Å²) in [6, 6.07) is 13.0. The molecule has 1 spiro atoms. The molecule has 3 amide bonds. The summed E-state index contributed by atoms with van der Waals surface area (Å²) in [4.78, 5) is 54.2. The molecule has 0 radical (unpaired) electrons. The first kappa shape index (κ1) is 28.4. The number of fused-ring (bicyclic) bond motifs is 2. The molecule has 41 heavy (non-hydrogen) atoms. The third-order valence-corrected chi connectivity index (χ3v) is 8.51. The number of hydrogen-bond acceptors (Lipinski definition) is 5. The molecule has 10 nitrogen and oxygen atoms in total. The Morgan fingerprint density at radius 2 is 1.66 bits per heavy atom. The number of aromatic nitrogens is 2. The number of para-hydroxylation sites is 2. The summed E-state index contributed by atoms with van der Waals surface area (Å²) in [6.45, 7) is 4.21. The van der Waals surface area contributed by atoms with Crippen LogP contribution in [-0.2, 0) is 23.2 Å². The molecular formula is C31H39N5O5. The Bertz CT molecular complexity index is 1500. The topological polar surface area (TPSA) is 115 Å². The van der Waals surface area contributed by atoms with Gasteiger partial charge in [0.2, 0.25) is 11.8 Å². The monoisotopic (exact) mass is 561 g/mol. The van der Waals surface area contributed by atoms with Crippen molar-refractivity contribution in [1.29, 1.82) is 0 Å². The smallest absolute Gasteiger partial charge is 0.329 e. The predicted molar refractivity (Wildman–Crippen MR) is 156 cm³/mol. The van der Waals surface area contributed by atoms with E-state index in [1.165, 1.54) is 4.57 Å². The Morgan fingerprint density at radius 3 is 2.44 bits per heavy atom. The Hall–Kier alpha value is -4.08. The summed E-state index contributed by atoms with van der Waals surface area (Å²) in [5.74, 6) is 0.300. The third-order valence-electron chi connectivity index (χ3n) is 8.51. The molecule has 1 saturated heterocycles. The molecule has 218 valence electrons. The van der Waals surface area contributed by atoms with Crippen LogP contribution in [0.4, 0.5) is 0 Å². The van der Waals surface area contributed by atoms with Crippen molar-refractivity contribution in [3.05, 3.63) is 64.1 Å². The lowest BCUT2D eigenvalue weighted by Crippen LogP contribution is -2.51. The molecular weight excluding hydrogens is 522 g/mol. The van der Waals surface area contributed by atoms with E-state index in [1.807, 2.05) is 43.3 Å². The molecule has 3 aromatic rings. The summed E-state index contributed by atoms with van der Waals surface area (Å²) < 4.78 is 9.01. The highest BCUT2D eigenvalue weighted by Crippen LogP contribution is 2.37. The molecule has 2 aliphatic rings. The van der Waals surface area contributed by atoms with E-state index in [0.29, 0.717) is 69.8 Å². The Morgan fingerprint density at radius 1 is 0.927 bits per heavy atom. The van der Waals surface area contributed by atoms with Gasteiger partial charge in [-0.15, -0.1) is 0 Å². The van der Waals surface area contributed by atoms with E-state index in [9.17, 15) is 19.2 Å². The fourth-order valence-electron chi connectivity index (χ4n) is 5.99. The van der Waals surface area contributed by atoms with Gasteiger partial charge in [0.1, 0.15) is 12.3 Å². The molecule has 1 aromatic heterocycles. The van der Waals surface area contributed by atoms with Crippen molar-refractivity contribution in [2.24, 2.45) is 12.5 Å². The maximum atomic E-state index is 13.5. The van der Waals surface area contributed by atoms with Crippen molar-refractivity contribution in [1.82, 2.24) is 24.7 Å². The fraction of sp³-hybridized carbons (Fsp3) is 0.484. The molecule has 5 rings (SSSR count). The van der Waals surface area contributed by atoms with Gasteiger partial charge >= 0.3 is 5.69 Å². The molecule has 0 atom stereocenters. The third kappa shape index (κ3) is 6.01. The Kier molecular flexibility index (Phi) is 8.46. The van der Waals surface area contributed by atoms with Gasteiger partial charge in [0.25, 0.3) is 5.91 Å². The lowest BCUT2D eigenvalue weighted by Gasteiger charge is -2.41. The second-order valence-electron chi connectivity index (χ2n) is 11.2. The van der Waals surface area contributed by atoms with Gasteiger partial charge in [-0.25, -0.2) is 4.79 Å². The number of rotatable bonds is 2. The van der Waals surface area contributed by atoms with Gasteiger partial charge in [0.15, 0.2) is 0 Å². The second-order valence-corrected chi connectivity index (χ2v) is 11.2. The first-order valence-electron chi connectivity index (χ1n) is 14.5. The van der Waals surface area contributed by atoms with Gasteiger partial charge in [0.05, 0.1) is 28.6 Å². The number of imidazole rings is 1. The first-order valence-corrected chi connectivity index (χ1v) is 14.5. The number of aryl methyl sites for hydroxylation is 2. The summed E-state index contributed by atoms with van der Waals surface area (Å²) in [5, 5.41) is 6.11. The highest BCUT2D eigenvalue weighted by molar-refractivity contribution is 5.97. The van der Waals surface area contributed by atoms with Crippen LogP contribution in [0.2, 0.25) is 0 Å². The minimum atomic E-state index is -0.571. The van der Waals surface area contributed by atoms with Crippen molar-refractivity contribution in [3.8, 4) is 5.75 Å². The second kappa shape index (κ2) is 12.2. The minimum absolute atomic E-state index is 0.0185. The molecule has 2 N–H and O–H groups in total. The van der Waals surface area contributed by atoms with Crippen LogP contribution in [-0.4, -0.2) is 64.5 Å². The van der Waals surface area contributed by atoms with E-state index in [4.69, 9.17) is 4.74 Å². The number of nitrogens with one attached hydrogen (secondary N) is 2. The van der Waals surface area contributed by atoms with Crippen LogP contribution in [0.3, 0.4) is 0 Å². The number of hydrogen-bond donors (Lipinski definition) is 2. The number of likely N-dealkylation sites (tertiary alicyclic amines) is 1. The van der Waals surface area contributed by atoms with Gasteiger partial charge in [-0.1, -0.05) is 24.6 Å². The number of carbonyl (C=O) groups is 3. The molecule has 0 unspecified atom stereocenters. The standard InChI is InChI=1S/C31H39N5O5/c1-22-10-11-23-26(20-22)41-19-7-16-33-29(39)31(12-5-6-15-32-28(23)38)13-17-35(18-14-31)27(37)21-36-25-9-4-3-8-24(25)34(2)30(36)40/h3-4,8-11,20H,5-7,12-19,21H2,1-2H3,(H,32,38)(H,33,39). The maximum Gasteiger partial charge on any atom is 0.329 e. The normalized spacial score (nSPS) is 18.5. The Balaban J connectivity index is 1.23. The van der Waals surface area contributed by atoms with E-state index in [2.05, 4.69) is 10.6 Å². The number of nitrogens with zero attached hydrogens (tertiary/aromatic N) is 3. The average Bonchev–Trinajstić information content (AvgIpc) is 3.21. The highest BCUT2D eigenvalue weighted by atomic mass is 16.5. The van der Waals surface area contributed by atoms with Crippen molar-refractivity contribution in [2.45, 2.75) is 52.0 Å². The predicted octanol–water partition coefficient (Wildman–Crippen LogP) is 2.76. The molecule has 1 fully saturated rings. The maximum absolute atomic E-state index is 13.5. The van der Waals surface area contributed by atoms with Gasteiger partial charge < -0.3 is 20.3 Å². The first-order chi connectivity index (χ1) is 19.8. The van der Waals surface area contributed by atoms with E-state index >= 15 is 0 Å². The number of carbonyl (C=O) groups excluding carboxylic acids is 3. The number of piperidine rings is 1. The summed E-state index contributed by atoms with van der Waals surface area (Å²) in [6.07, 6.45) is 3.94. The zero-order chi connectivity index (χ0) is 29.0. The molecule has 10 heteroatoms. The van der Waals surface area contributed by atoms with E-state index in [1.54, 1.807) is 22.6 Å². The van der Waals surface area contributed by atoms with Crippen LogP contribution in [0, 0.1) is 12.3 Å². The van der Waals surface area contributed by atoms with Crippen LogP contribution in [0.15, 0.2) is 47.3 Å². The zero-order valence-electron chi connectivity index (χ0n) is 23.9. The van der Waals surface area contributed by atoms with Crippen LogP contribution in [0.25, 0.3) is 11.0 Å². The number of benzene rings is 2. The van der Waals surface area contributed by atoms with Gasteiger partial charge in [-0.2, -0.15) is 0 Å². The van der Waals surface area contributed by atoms with Gasteiger partial charge in [-0.3, -0.25) is 23.5 Å². The SMILES string of the molecule is Cc1ccc2c(c1)OCCCNC(=O)C1(CCCCNC2=O)CCN(C(=O)Cn2c(=O)n(C)c3ccccc32)CC1. The van der Waals surface area contributed by atoms with E-state index in [0.717, 1.165) is 29.4 Å². The summed E-state index contributed by atoms with van der Waals surface area (Å²) in [5.41, 5.74) is 2.27.